The maximum Gasteiger partial charge on any atom is 0.283 e. The van der Waals surface area contributed by atoms with E-state index in [1.165, 1.54) is 27.7 Å². The Hall–Kier alpha value is -2.83. The number of fused-ring (bicyclic) bond motifs is 1. The average molecular weight is 271 g/mol. The largest absolute Gasteiger partial charge is 0.293 e. The highest BCUT2D eigenvalue weighted by molar-refractivity contribution is 5.70. The summed E-state index contributed by atoms with van der Waals surface area (Å²) < 4.78 is 16.0. The topological polar surface area (TPSA) is 65.6 Å². The molecule has 0 saturated carbocycles. The quantitative estimate of drug-likeness (QED) is 0.673. The maximum absolute atomic E-state index is 13.2. The van der Waals surface area contributed by atoms with Crippen LogP contribution in [0.1, 0.15) is 0 Å². The Kier molecular flexibility index (Phi) is 2.86. The number of rotatable bonds is 3. The molecule has 0 aliphatic heterocycles. The number of nitrogens with zero attached hydrogens (tertiary/aromatic N) is 5. The summed E-state index contributed by atoms with van der Waals surface area (Å²) in [6.45, 7) is 3.91. The van der Waals surface area contributed by atoms with Crippen molar-refractivity contribution in [3.05, 3.63) is 59.4 Å². The first-order chi connectivity index (χ1) is 9.70. The van der Waals surface area contributed by atoms with Gasteiger partial charge in [0.05, 0.1) is 5.69 Å². The van der Waals surface area contributed by atoms with Gasteiger partial charge in [-0.2, -0.15) is 4.68 Å². The molecule has 1 aromatic carbocycles. The van der Waals surface area contributed by atoms with E-state index in [9.17, 15) is 9.18 Å². The molecular weight excluding hydrogens is 261 g/mol. The molecule has 0 saturated heterocycles. The molecule has 0 bridgehead atoms. The van der Waals surface area contributed by atoms with Crippen molar-refractivity contribution in [3.8, 4) is 5.69 Å². The van der Waals surface area contributed by atoms with E-state index in [0.29, 0.717) is 17.9 Å². The van der Waals surface area contributed by atoms with E-state index in [-0.39, 0.29) is 11.1 Å². The Balaban J connectivity index is 2.22. The van der Waals surface area contributed by atoms with Crippen LogP contribution in [0, 0.1) is 5.82 Å². The molecule has 100 valence electrons. The van der Waals surface area contributed by atoms with Gasteiger partial charge in [-0.1, -0.05) is 17.4 Å². The third-order valence-electron chi connectivity index (χ3n) is 2.81. The molecule has 0 spiro atoms. The number of hydrogen-bond donors (Lipinski definition) is 0. The lowest BCUT2D eigenvalue weighted by atomic mass is 10.3. The van der Waals surface area contributed by atoms with Crippen LogP contribution in [0.15, 0.2) is 48.0 Å². The van der Waals surface area contributed by atoms with Crippen molar-refractivity contribution in [1.82, 2.24) is 24.5 Å². The fraction of sp³-hybridized carbons (Fsp3) is 0.0769. The van der Waals surface area contributed by atoms with E-state index >= 15 is 0 Å². The van der Waals surface area contributed by atoms with E-state index in [0.717, 1.165) is 0 Å². The van der Waals surface area contributed by atoms with Gasteiger partial charge in [-0.15, -0.1) is 11.7 Å². The first-order valence-electron chi connectivity index (χ1n) is 5.88. The van der Waals surface area contributed by atoms with Crippen molar-refractivity contribution in [2.45, 2.75) is 6.54 Å². The SMILES string of the molecule is C=CCn1cnc2c(nnn2-c2cccc(F)c2)c1=O. The van der Waals surface area contributed by atoms with E-state index < -0.39 is 5.82 Å². The Labute approximate surface area is 112 Å². The Morgan fingerprint density at radius 3 is 3.00 bits per heavy atom. The zero-order chi connectivity index (χ0) is 14.1. The van der Waals surface area contributed by atoms with Gasteiger partial charge in [-0.05, 0) is 18.2 Å². The summed E-state index contributed by atoms with van der Waals surface area (Å²) in [5.41, 5.74) is 0.581. The summed E-state index contributed by atoms with van der Waals surface area (Å²) in [6, 6.07) is 5.84. The standard InChI is InChI=1S/C13H10FN5O/c1-2-6-18-8-15-12-11(13(18)20)16-17-19(12)10-5-3-4-9(14)7-10/h2-5,7-8H,1,6H2. The molecule has 0 aliphatic rings. The Bertz CT molecular complexity index is 851. The number of hydrogen-bond acceptors (Lipinski definition) is 4. The predicted octanol–water partition coefficient (Wildman–Crippen LogP) is 1.30. The van der Waals surface area contributed by atoms with Crippen LogP contribution < -0.4 is 5.56 Å². The molecule has 20 heavy (non-hydrogen) atoms. The van der Waals surface area contributed by atoms with E-state index in [1.807, 2.05) is 0 Å². The highest BCUT2D eigenvalue weighted by atomic mass is 19.1. The molecular formula is C13H10FN5O. The number of benzene rings is 1. The predicted molar refractivity (Wildman–Crippen MR) is 71.1 cm³/mol. The molecule has 2 heterocycles. The van der Waals surface area contributed by atoms with Crippen LogP contribution in [0.4, 0.5) is 4.39 Å². The van der Waals surface area contributed by atoms with Crippen LogP contribution in [0.3, 0.4) is 0 Å². The fourth-order valence-corrected chi connectivity index (χ4v) is 1.89. The van der Waals surface area contributed by atoms with Crippen LogP contribution in [0.25, 0.3) is 16.9 Å². The van der Waals surface area contributed by atoms with E-state index in [4.69, 9.17) is 0 Å². The lowest BCUT2D eigenvalue weighted by Gasteiger charge is -2.02. The monoisotopic (exact) mass is 271 g/mol. The second-order valence-corrected chi connectivity index (χ2v) is 4.14. The van der Waals surface area contributed by atoms with Crippen molar-refractivity contribution in [2.75, 3.05) is 0 Å². The second kappa shape index (κ2) is 4.69. The zero-order valence-electron chi connectivity index (χ0n) is 10.4. The molecule has 2 aromatic heterocycles. The molecule has 3 rings (SSSR count). The van der Waals surface area contributed by atoms with Crippen LogP contribution in [-0.4, -0.2) is 24.5 Å². The van der Waals surface area contributed by atoms with Gasteiger partial charge < -0.3 is 0 Å². The number of allylic oxidation sites excluding steroid dienone is 1. The second-order valence-electron chi connectivity index (χ2n) is 4.14. The number of halogens is 1. The van der Waals surface area contributed by atoms with E-state index in [1.54, 1.807) is 18.2 Å². The minimum absolute atomic E-state index is 0.138. The lowest BCUT2D eigenvalue weighted by Crippen LogP contribution is -2.20. The summed E-state index contributed by atoms with van der Waals surface area (Å²) in [5, 5.41) is 7.69. The van der Waals surface area contributed by atoms with Crippen molar-refractivity contribution in [1.29, 1.82) is 0 Å². The minimum atomic E-state index is -0.397. The van der Waals surface area contributed by atoms with Gasteiger partial charge in [0.25, 0.3) is 5.56 Å². The van der Waals surface area contributed by atoms with Gasteiger partial charge in [-0.25, -0.2) is 9.37 Å². The van der Waals surface area contributed by atoms with Crippen molar-refractivity contribution in [3.63, 3.8) is 0 Å². The van der Waals surface area contributed by atoms with Gasteiger partial charge in [0.15, 0.2) is 11.2 Å². The molecule has 0 aliphatic carbocycles. The molecule has 7 heteroatoms. The van der Waals surface area contributed by atoms with Crippen LogP contribution in [-0.2, 0) is 6.54 Å². The van der Waals surface area contributed by atoms with Gasteiger partial charge >= 0.3 is 0 Å². The summed E-state index contributed by atoms with van der Waals surface area (Å²) in [7, 11) is 0. The van der Waals surface area contributed by atoms with Gasteiger partial charge in [0.1, 0.15) is 12.1 Å². The molecule has 0 radical (unpaired) electrons. The van der Waals surface area contributed by atoms with Crippen molar-refractivity contribution in [2.24, 2.45) is 0 Å². The Morgan fingerprint density at radius 1 is 1.40 bits per heavy atom. The lowest BCUT2D eigenvalue weighted by molar-refractivity contribution is 0.625. The molecule has 0 amide bonds. The molecule has 3 aromatic rings. The maximum atomic E-state index is 13.2. The van der Waals surface area contributed by atoms with Gasteiger partial charge in [0, 0.05) is 6.54 Å². The number of aromatic nitrogens is 5. The highest BCUT2D eigenvalue weighted by Crippen LogP contribution is 2.12. The zero-order valence-corrected chi connectivity index (χ0v) is 10.4. The summed E-state index contributed by atoms with van der Waals surface area (Å²) in [6.07, 6.45) is 2.98. The third-order valence-corrected chi connectivity index (χ3v) is 2.81. The van der Waals surface area contributed by atoms with Gasteiger partial charge in [-0.3, -0.25) is 9.36 Å². The summed E-state index contributed by atoms with van der Waals surface area (Å²) in [5.74, 6) is -0.397. The van der Waals surface area contributed by atoms with Crippen molar-refractivity contribution >= 4 is 11.2 Å². The molecule has 0 fully saturated rings. The highest BCUT2D eigenvalue weighted by Gasteiger charge is 2.12. The first-order valence-corrected chi connectivity index (χ1v) is 5.88. The van der Waals surface area contributed by atoms with E-state index in [2.05, 4.69) is 21.9 Å². The van der Waals surface area contributed by atoms with Crippen molar-refractivity contribution < 1.29 is 4.39 Å². The summed E-state index contributed by atoms with van der Waals surface area (Å²) in [4.78, 5) is 16.3. The molecule has 6 nitrogen and oxygen atoms in total. The van der Waals surface area contributed by atoms with Gasteiger partial charge in [0.2, 0.25) is 0 Å². The average Bonchev–Trinajstić information content (AvgIpc) is 2.87. The summed E-state index contributed by atoms with van der Waals surface area (Å²) >= 11 is 0. The smallest absolute Gasteiger partial charge is 0.283 e. The fourth-order valence-electron chi connectivity index (χ4n) is 1.89. The van der Waals surface area contributed by atoms with Crippen LogP contribution >= 0.6 is 0 Å². The minimum Gasteiger partial charge on any atom is -0.293 e. The first kappa shape index (κ1) is 12.2. The van der Waals surface area contributed by atoms with Crippen LogP contribution in [0.2, 0.25) is 0 Å². The van der Waals surface area contributed by atoms with Crippen LogP contribution in [0.5, 0.6) is 0 Å². The third kappa shape index (κ3) is 1.89. The molecule has 0 N–H and O–H groups in total. The molecule has 0 unspecified atom stereocenters. The normalized spacial score (nSPS) is 10.8. The molecule has 0 atom stereocenters. The Morgan fingerprint density at radius 2 is 2.25 bits per heavy atom.